The van der Waals surface area contributed by atoms with Gasteiger partial charge in [-0.3, -0.25) is 9.29 Å². The van der Waals surface area contributed by atoms with Gasteiger partial charge in [0.15, 0.2) is 0 Å². The average molecular weight is 464 g/mol. The Morgan fingerprint density at radius 2 is 1.49 bits per heavy atom. The lowest BCUT2D eigenvalue weighted by Crippen LogP contribution is -2.40. The van der Waals surface area contributed by atoms with Gasteiger partial charge in [-0.25, -0.2) is 0 Å². The molecule has 1 fully saturated rings. The van der Waals surface area contributed by atoms with E-state index in [0.717, 1.165) is 32.5 Å². The molecule has 3 aliphatic rings. The molecule has 1 saturated heterocycles. The van der Waals surface area contributed by atoms with Crippen molar-refractivity contribution in [3.63, 3.8) is 0 Å². The second-order valence-corrected chi connectivity index (χ2v) is 10.3. The molecule has 178 valence electrons. The number of halogens is 1. The van der Waals surface area contributed by atoms with Gasteiger partial charge in [0.1, 0.15) is 0 Å². The third kappa shape index (κ3) is 4.52. The van der Waals surface area contributed by atoms with E-state index in [9.17, 15) is 4.39 Å². The first kappa shape index (κ1) is 22.5. The van der Waals surface area contributed by atoms with E-state index in [1.807, 2.05) is 0 Å². The summed E-state index contributed by atoms with van der Waals surface area (Å²) in [5.74, 6) is 0. The van der Waals surface area contributed by atoms with Crippen LogP contribution in [0.15, 0.2) is 72.3 Å². The molecule has 1 aliphatic heterocycles. The van der Waals surface area contributed by atoms with Crippen molar-refractivity contribution in [3.8, 4) is 0 Å². The Morgan fingerprint density at radius 1 is 0.743 bits per heavy atom. The SMILES string of the molecule is FCCCN1CC(=Cc2ccc(C3=C(c4cccc5c4CCC5)CCCc4ccccc43)cc2)C1. The fourth-order valence-corrected chi connectivity index (χ4v) is 6.27. The number of hydrogen-bond acceptors (Lipinski definition) is 1. The van der Waals surface area contributed by atoms with Crippen molar-refractivity contribution in [1.29, 1.82) is 0 Å². The van der Waals surface area contributed by atoms with Gasteiger partial charge in [0.05, 0.1) is 6.67 Å². The molecule has 0 N–H and O–H groups in total. The molecule has 2 heteroatoms. The van der Waals surface area contributed by atoms with Gasteiger partial charge >= 0.3 is 0 Å². The highest BCUT2D eigenvalue weighted by atomic mass is 19.1. The molecule has 0 aromatic heterocycles. The number of fused-ring (bicyclic) bond motifs is 2. The van der Waals surface area contributed by atoms with Gasteiger partial charge in [0, 0.05) is 19.6 Å². The van der Waals surface area contributed by atoms with Crippen LogP contribution in [0.4, 0.5) is 4.39 Å². The summed E-state index contributed by atoms with van der Waals surface area (Å²) in [6.45, 7) is 2.60. The van der Waals surface area contributed by atoms with Crippen LogP contribution in [0.5, 0.6) is 0 Å². The number of aryl methyl sites for hydroxylation is 2. The van der Waals surface area contributed by atoms with E-state index in [4.69, 9.17) is 0 Å². The van der Waals surface area contributed by atoms with Crippen molar-refractivity contribution < 1.29 is 4.39 Å². The van der Waals surface area contributed by atoms with Crippen LogP contribution < -0.4 is 0 Å². The molecule has 1 heterocycles. The molecule has 1 nitrogen and oxygen atoms in total. The fourth-order valence-electron chi connectivity index (χ4n) is 6.27. The van der Waals surface area contributed by atoms with Gasteiger partial charge in [-0.1, -0.05) is 72.8 Å². The summed E-state index contributed by atoms with van der Waals surface area (Å²) in [5.41, 5.74) is 14.5. The van der Waals surface area contributed by atoms with Crippen LogP contribution in [0.25, 0.3) is 17.2 Å². The van der Waals surface area contributed by atoms with Crippen LogP contribution in [0, 0.1) is 0 Å². The van der Waals surface area contributed by atoms with Crippen molar-refractivity contribution in [2.45, 2.75) is 44.9 Å². The topological polar surface area (TPSA) is 3.24 Å². The monoisotopic (exact) mass is 463 g/mol. The zero-order chi connectivity index (χ0) is 23.6. The molecule has 0 radical (unpaired) electrons. The summed E-state index contributed by atoms with van der Waals surface area (Å²) in [5, 5.41) is 0. The molecular weight excluding hydrogens is 429 g/mol. The van der Waals surface area contributed by atoms with Gasteiger partial charge in [0.25, 0.3) is 0 Å². The maximum absolute atomic E-state index is 12.4. The van der Waals surface area contributed by atoms with E-state index >= 15 is 0 Å². The predicted octanol–water partition coefficient (Wildman–Crippen LogP) is 7.53. The lowest BCUT2D eigenvalue weighted by Gasteiger charge is -2.33. The number of nitrogens with zero attached hydrogens (tertiary/aromatic N) is 1. The molecule has 0 atom stereocenters. The van der Waals surface area contributed by atoms with Gasteiger partial charge in [-0.05, 0) is 101 Å². The smallest absolute Gasteiger partial charge is 0.0906 e. The zero-order valence-electron chi connectivity index (χ0n) is 20.5. The predicted molar refractivity (Wildman–Crippen MR) is 145 cm³/mol. The van der Waals surface area contributed by atoms with E-state index in [1.54, 1.807) is 11.1 Å². The second kappa shape index (κ2) is 9.95. The van der Waals surface area contributed by atoms with E-state index < -0.39 is 0 Å². The summed E-state index contributed by atoms with van der Waals surface area (Å²) in [6, 6.07) is 25.2. The van der Waals surface area contributed by atoms with Crippen molar-refractivity contribution in [1.82, 2.24) is 4.90 Å². The maximum atomic E-state index is 12.4. The Bertz CT molecular complexity index is 1270. The summed E-state index contributed by atoms with van der Waals surface area (Å²) in [4.78, 5) is 2.32. The van der Waals surface area contributed by atoms with Crippen LogP contribution in [0.1, 0.15) is 64.6 Å². The van der Waals surface area contributed by atoms with Gasteiger partial charge in [-0.2, -0.15) is 0 Å². The van der Waals surface area contributed by atoms with Gasteiger partial charge in [-0.15, -0.1) is 0 Å². The van der Waals surface area contributed by atoms with E-state index in [2.05, 4.69) is 77.7 Å². The summed E-state index contributed by atoms with van der Waals surface area (Å²) in [7, 11) is 0. The molecule has 2 aliphatic carbocycles. The number of likely N-dealkylation sites (tertiary alicyclic amines) is 1. The van der Waals surface area contributed by atoms with Gasteiger partial charge < -0.3 is 0 Å². The highest BCUT2D eigenvalue weighted by Crippen LogP contribution is 2.42. The van der Waals surface area contributed by atoms with Gasteiger partial charge in [0.2, 0.25) is 0 Å². The summed E-state index contributed by atoms with van der Waals surface area (Å²) < 4.78 is 12.4. The molecule has 0 amide bonds. The Kier molecular flexibility index (Phi) is 6.39. The fraction of sp³-hybridized carbons (Fsp3) is 0.333. The average Bonchev–Trinajstić information content (AvgIpc) is 3.27. The standard InChI is InChI=1S/C33H34FN/c34-19-6-20-35-22-25(23-35)21-24-15-17-28(18-16-24)33-30-11-2-1-7-27(30)10-5-14-32(33)31-13-4-9-26-8-3-12-29(26)31/h1-2,4,7,9,11,13,15-18,21H,3,5-6,8,10,12,14,19-20,22-23H2. The lowest BCUT2D eigenvalue weighted by atomic mass is 9.85. The number of hydrogen-bond donors (Lipinski definition) is 0. The highest BCUT2D eigenvalue weighted by molar-refractivity contribution is 6.00. The molecule has 0 unspecified atom stereocenters. The lowest BCUT2D eigenvalue weighted by molar-refractivity contribution is 0.239. The van der Waals surface area contributed by atoms with E-state index in [1.165, 1.54) is 70.2 Å². The van der Waals surface area contributed by atoms with E-state index in [-0.39, 0.29) is 6.67 Å². The first-order chi connectivity index (χ1) is 17.3. The Hall–Kier alpha value is -2.97. The van der Waals surface area contributed by atoms with Crippen LogP contribution in [-0.4, -0.2) is 31.2 Å². The maximum Gasteiger partial charge on any atom is 0.0906 e. The number of alkyl halides is 1. The largest absolute Gasteiger partial charge is 0.295 e. The summed E-state index contributed by atoms with van der Waals surface area (Å²) >= 11 is 0. The third-order valence-corrected chi connectivity index (χ3v) is 7.96. The molecule has 0 saturated carbocycles. The zero-order valence-corrected chi connectivity index (χ0v) is 20.5. The molecule has 3 aromatic carbocycles. The molecule has 35 heavy (non-hydrogen) atoms. The molecular formula is C33H34FN. The van der Waals surface area contributed by atoms with Crippen molar-refractivity contribution in [3.05, 3.63) is 111 Å². The Labute approximate surface area is 209 Å². The normalized spacial score (nSPS) is 17.6. The molecule has 0 bridgehead atoms. The quantitative estimate of drug-likeness (QED) is 0.365. The highest BCUT2D eigenvalue weighted by Gasteiger charge is 2.24. The van der Waals surface area contributed by atoms with Crippen LogP contribution in [-0.2, 0) is 19.3 Å². The minimum atomic E-state index is -0.218. The number of allylic oxidation sites excluding steroid dienone is 1. The number of benzene rings is 3. The summed E-state index contributed by atoms with van der Waals surface area (Å²) in [6.07, 6.45) is 10.1. The first-order valence-electron chi connectivity index (χ1n) is 13.3. The first-order valence-corrected chi connectivity index (χ1v) is 13.3. The van der Waals surface area contributed by atoms with E-state index in [0.29, 0.717) is 6.42 Å². The van der Waals surface area contributed by atoms with Crippen LogP contribution >= 0.6 is 0 Å². The Morgan fingerprint density at radius 3 is 2.34 bits per heavy atom. The molecule has 0 spiro atoms. The molecule has 3 aromatic rings. The van der Waals surface area contributed by atoms with Crippen LogP contribution in [0.3, 0.4) is 0 Å². The Balaban J connectivity index is 1.38. The molecule has 6 rings (SSSR count). The second-order valence-electron chi connectivity index (χ2n) is 10.3. The third-order valence-electron chi connectivity index (χ3n) is 7.96. The van der Waals surface area contributed by atoms with Crippen molar-refractivity contribution >= 4 is 17.2 Å². The van der Waals surface area contributed by atoms with Crippen molar-refractivity contribution in [2.75, 3.05) is 26.3 Å². The van der Waals surface area contributed by atoms with Crippen LogP contribution in [0.2, 0.25) is 0 Å². The number of rotatable bonds is 6. The minimum absolute atomic E-state index is 0.218. The van der Waals surface area contributed by atoms with Crippen molar-refractivity contribution in [2.24, 2.45) is 0 Å². The minimum Gasteiger partial charge on any atom is -0.295 e.